The molecule has 0 saturated carbocycles. The van der Waals surface area contributed by atoms with Gasteiger partial charge in [-0.25, -0.2) is 13.1 Å². The fraction of sp³-hybridized carbons (Fsp3) is 0.538. The lowest BCUT2D eigenvalue weighted by Crippen LogP contribution is -2.44. The normalized spacial score (nSPS) is 13.9. The zero-order valence-electron chi connectivity index (χ0n) is 12.2. The molecule has 1 aromatic carbocycles. The van der Waals surface area contributed by atoms with Crippen molar-refractivity contribution in [3.05, 3.63) is 34.4 Å². The van der Waals surface area contributed by atoms with Gasteiger partial charge in [0.15, 0.2) is 4.90 Å². The molecule has 0 fully saturated rings. The third-order valence-corrected chi connectivity index (χ3v) is 4.63. The Morgan fingerprint density at radius 1 is 1.33 bits per heavy atom. The summed E-state index contributed by atoms with van der Waals surface area (Å²) in [5.41, 5.74) is -0.902. The molecule has 0 radical (unpaired) electrons. The number of benzene rings is 1. The molecule has 7 nitrogen and oxygen atoms in total. The minimum Gasteiger partial charge on any atom is -0.396 e. The molecule has 0 saturated heterocycles. The van der Waals surface area contributed by atoms with Crippen LogP contribution in [0.4, 0.5) is 5.69 Å². The Bertz CT molecular complexity index is 607. The van der Waals surface area contributed by atoms with E-state index in [1.807, 2.05) is 20.8 Å². The second-order valence-electron chi connectivity index (χ2n) is 5.78. The molecule has 0 aliphatic carbocycles. The lowest BCUT2D eigenvalue weighted by Gasteiger charge is -2.30. The second kappa shape index (κ2) is 6.50. The fourth-order valence-electron chi connectivity index (χ4n) is 1.88. The topological polar surface area (TPSA) is 110 Å². The third kappa shape index (κ3) is 4.48. The average Bonchev–Trinajstić information content (AvgIpc) is 2.37. The van der Waals surface area contributed by atoms with Gasteiger partial charge in [0.2, 0.25) is 10.0 Å². The summed E-state index contributed by atoms with van der Waals surface area (Å²) in [5, 5.41) is 20.0. The van der Waals surface area contributed by atoms with E-state index in [9.17, 15) is 18.5 Å². The van der Waals surface area contributed by atoms with E-state index in [0.717, 1.165) is 6.07 Å². The molecule has 1 rings (SSSR count). The van der Waals surface area contributed by atoms with Crippen LogP contribution < -0.4 is 4.72 Å². The molecule has 21 heavy (non-hydrogen) atoms. The van der Waals surface area contributed by atoms with Crippen molar-refractivity contribution in [3.63, 3.8) is 0 Å². The maximum atomic E-state index is 12.4. The number of aliphatic hydroxyl groups is 1. The van der Waals surface area contributed by atoms with Gasteiger partial charge in [-0.15, -0.1) is 0 Å². The highest BCUT2D eigenvalue weighted by Gasteiger charge is 2.32. The molecule has 0 bridgehead atoms. The highest BCUT2D eigenvalue weighted by molar-refractivity contribution is 7.89. The van der Waals surface area contributed by atoms with Crippen LogP contribution in [0.15, 0.2) is 29.2 Å². The number of hydrogen-bond donors (Lipinski definition) is 2. The largest absolute Gasteiger partial charge is 0.396 e. The van der Waals surface area contributed by atoms with E-state index in [1.54, 1.807) is 0 Å². The van der Waals surface area contributed by atoms with Gasteiger partial charge in [-0.3, -0.25) is 10.1 Å². The summed E-state index contributed by atoms with van der Waals surface area (Å²) in [6.45, 7) is 5.31. The number of nitro benzene ring substituents is 1. The first-order valence-corrected chi connectivity index (χ1v) is 7.94. The Labute approximate surface area is 124 Å². The van der Waals surface area contributed by atoms with Crippen LogP contribution in [-0.2, 0) is 10.0 Å². The van der Waals surface area contributed by atoms with Crippen LogP contribution in [0.25, 0.3) is 0 Å². The predicted molar refractivity (Wildman–Crippen MR) is 78.4 cm³/mol. The molecule has 0 aliphatic heterocycles. The number of hydrogen-bond acceptors (Lipinski definition) is 5. The van der Waals surface area contributed by atoms with Gasteiger partial charge >= 0.3 is 0 Å². The lowest BCUT2D eigenvalue weighted by atomic mass is 9.86. The van der Waals surface area contributed by atoms with Crippen LogP contribution in [0.3, 0.4) is 0 Å². The van der Waals surface area contributed by atoms with Crippen LogP contribution in [-0.4, -0.2) is 31.1 Å². The predicted octanol–water partition coefficient (Wildman–Crippen LogP) is 1.67. The highest BCUT2D eigenvalue weighted by atomic mass is 32.2. The molecule has 0 aromatic heterocycles. The SMILES string of the molecule is CC(C)(C)C(CCO)NS(=O)(=O)c1ccccc1[N+](=O)[O-]. The smallest absolute Gasteiger partial charge is 0.289 e. The fourth-order valence-corrected chi connectivity index (χ4v) is 3.53. The highest BCUT2D eigenvalue weighted by Crippen LogP contribution is 2.27. The monoisotopic (exact) mass is 316 g/mol. The van der Waals surface area contributed by atoms with Gasteiger partial charge in [-0.05, 0) is 17.9 Å². The Balaban J connectivity index is 3.20. The average molecular weight is 316 g/mol. The van der Waals surface area contributed by atoms with Crippen LogP contribution in [0.2, 0.25) is 0 Å². The maximum Gasteiger partial charge on any atom is 0.289 e. The van der Waals surface area contributed by atoms with Gasteiger partial charge in [-0.2, -0.15) is 0 Å². The van der Waals surface area contributed by atoms with Gasteiger partial charge in [0.05, 0.1) is 4.92 Å². The molecule has 1 atom stereocenters. The standard InChI is InChI=1S/C13H20N2O5S/c1-13(2,3)12(8-9-16)14-21(19,20)11-7-5-4-6-10(11)15(17)18/h4-7,12,14,16H,8-9H2,1-3H3. The van der Waals surface area contributed by atoms with E-state index in [-0.39, 0.29) is 17.9 Å². The number of rotatable bonds is 6. The Morgan fingerprint density at radius 3 is 2.38 bits per heavy atom. The zero-order valence-corrected chi connectivity index (χ0v) is 13.1. The quantitative estimate of drug-likeness (QED) is 0.613. The summed E-state index contributed by atoms with van der Waals surface area (Å²) in [5.74, 6) is 0. The molecule has 2 N–H and O–H groups in total. The molecule has 1 aromatic rings. The molecular formula is C13H20N2O5S. The Kier molecular flexibility index (Phi) is 5.43. The van der Waals surface area contributed by atoms with E-state index >= 15 is 0 Å². The van der Waals surface area contributed by atoms with Crippen molar-refractivity contribution in [2.75, 3.05) is 6.61 Å². The summed E-state index contributed by atoms with van der Waals surface area (Å²) in [4.78, 5) is 9.85. The van der Waals surface area contributed by atoms with E-state index < -0.39 is 32.1 Å². The van der Waals surface area contributed by atoms with Crippen molar-refractivity contribution in [3.8, 4) is 0 Å². The zero-order chi connectivity index (χ0) is 16.3. The van der Waals surface area contributed by atoms with Gasteiger partial charge in [0, 0.05) is 18.7 Å². The van der Waals surface area contributed by atoms with Crippen LogP contribution in [0.1, 0.15) is 27.2 Å². The molecule has 1 unspecified atom stereocenters. The first-order valence-electron chi connectivity index (χ1n) is 6.46. The van der Waals surface area contributed by atoms with Crippen LogP contribution >= 0.6 is 0 Å². The van der Waals surface area contributed by atoms with Crippen molar-refractivity contribution in [1.82, 2.24) is 4.72 Å². The van der Waals surface area contributed by atoms with Crippen molar-refractivity contribution < 1.29 is 18.4 Å². The maximum absolute atomic E-state index is 12.4. The minimum absolute atomic E-state index is 0.179. The number of aliphatic hydroxyl groups excluding tert-OH is 1. The van der Waals surface area contributed by atoms with Gasteiger partial charge in [0.1, 0.15) is 0 Å². The van der Waals surface area contributed by atoms with Crippen LogP contribution in [0, 0.1) is 15.5 Å². The summed E-state index contributed by atoms with van der Waals surface area (Å²) in [6, 6.07) is 4.64. The van der Waals surface area contributed by atoms with Crippen molar-refractivity contribution >= 4 is 15.7 Å². The van der Waals surface area contributed by atoms with E-state index in [2.05, 4.69) is 4.72 Å². The Morgan fingerprint density at radius 2 is 1.90 bits per heavy atom. The number of para-hydroxylation sites is 1. The van der Waals surface area contributed by atoms with E-state index in [4.69, 9.17) is 5.11 Å². The summed E-state index contributed by atoms with van der Waals surface area (Å²) < 4.78 is 27.2. The molecule has 0 heterocycles. The van der Waals surface area contributed by atoms with Gasteiger partial charge in [-0.1, -0.05) is 32.9 Å². The second-order valence-corrected chi connectivity index (χ2v) is 7.46. The molecular weight excluding hydrogens is 296 g/mol. The molecule has 0 spiro atoms. The van der Waals surface area contributed by atoms with E-state index in [1.165, 1.54) is 18.2 Å². The van der Waals surface area contributed by atoms with Crippen LogP contribution in [0.5, 0.6) is 0 Å². The summed E-state index contributed by atoms with van der Waals surface area (Å²) in [6.07, 6.45) is 0.226. The van der Waals surface area contributed by atoms with Gasteiger partial charge < -0.3 is 5.11 Å². The molecule has 0 aliphatic rings. The molecule has 118 valence electrons. The number of sulfonamides is 1. The molecule has 8 heteroatoms. The third-order valence-electron chi connectivity index (χ3n) is 3.11. The van der Waals surface area contributed by atoms with Crippen molar-refractivity contribution in [1.29, 1.82) is 0 Å². The molecule has 0 amide bonds. The number of nitrogens with one attached hydrogen (secondary N) is 1. The van der Waals surface area contributed by atoms with E-state index in [0.29, 0.717) is 0 Å². The van der Waals surface area contributed by atoms with Crippen molar-refractivity contribution in [2.24, 2.45) is 5.41 Å². The lowest BCUT2D eigenvalue weighted by molar-refractivity contribution is -0.387. The number of nitro groups is 1. The summed E-state index contributed by atoms with van der Waals surface area (Å²) in [7, 11) is -4.04. The minimum atomic E-state index is -4.04. The van der Waals surface area contributed by atoms with Gasteiger partial charge in [0.25, 0.3) is 5.69 Å². The first kappa shape index (κ1) is 17.5. The van der Waals surface area contributed by atoms with Crippen molar-refractivity contribution in [2.45, 2.75) is 38.1 Å². The summed E-state index contributed by atoms with van der Waals surface area (Å²) >= 11 is 0. The number of nitrogens with zero attached hydrogens (tertiary/aromatic N) is 1. The Hall–Kier alpha value is -1.51. The first-order chi connectivity index (χ1) is 9.59.